The van der Waals surface area contributed by atoms with Gasteiger partial charge in [-0.1, -0.05) is 30.3 Å². The molecule has 3 aromatic carbocycles. The summed E-state index contributed by atoms with van der Waals surface area (Å²) in [6, 6.07) is 13.2. The van der Waals surface area contributed by atoms with E-state index < -0.39 is 29.6 Å². The van der Waals surface area contributed by atoms with E-state index in [9.17, 15) is 28.6 Å². The van der Waals surface area contributed by atoms with Crippen LogP contribution in [0.5, 0.6) is 0 Å². The van der Waals surface area contributed by atoms with Crippen molar-refractivity contribution < 1.29 is 28.6 Å². The summed E-state index contributed by atoms with van der Waals surface area (Å²) in [5.41, 5.74) is 6.70. The number of amides is 1. The van der Waals surface area contributed by atoms with E-state index in [2.05, 4.69) is 0 Å². The fourth-order valence-electron chi connectivity index (χ4n) is 3.79. The van der Waals surface area contributed by atoms with Crippen LogP contribution in [0.3, 0.4) is 0 Å². The van der Waals surface area contributed by atoms with Crippen molar-refractivity contribution in [1.29, 1.82) is 0 Å². The third-order valence-electron chi connectivity index (χ3n) is 5.10. The smallest absolute Gasteiger partial charge is 0.337 e. The van der Waals surface area contributed by atoms with Crippen LogP contribution in [-0.4, -0.2) is 26.7 Å². The Morgan fingerprint density at radius 3 is 2.27 bits per heavy atom. The Morgan fingerprint density at radius 2 is 1.60 bits per heavy atom. The first-order valence-corrected chi connectivity index (χ1v) is 8.98. The standard InChI is InChI=1S/C22H16F2N2O4/c23-14-7-1-4-11(19(14)24)10-26-15-8-2-5-12(20(27)22(29)30)17(15)18-13(21(25)28)6-3-9-16(18)26/h1-9,20,27H,10H2,(H2,25,28)(H,29,30). The van der Waals surface area contributed by atoms with Gasteiger partial charge in [0, 0.05) is 33.0 Å². The summed E-state index contributed by atoms with van der Waals surface area (Å²) in [6.45, 7) is -0.0849. The normalized spacial score (nSPS) is 12.4. The lowest BCUT2D eigenvalue weighted by atomic mass is 9.99. The number of carbonyl (C=O) groups is 2. The number of aromatic nitrogens is 1. The molecule has 4 N–H and O–H groups in total. The number of halogens is 2. The molecular formula is C22H16F2N2O4. The average Bonchev–Trinajstić information content (AvgIpc) is 3.04. The summed E-state index contributed by atoms with van der Waals surface area (Å²) in [5.74, 6) is -4.19. The first-order chi connectivity index (χ1) is 14.3. The number of rotatable bonds is 5. The summed E-state index contributed by atoms with van der Waals surface area (Å²) in [6.07, 6.45) is -1.85. The van der Waals surface area contributed by atoms with Crippen molar-refractivity contribution in [3.8, 4) is 0 Å². The van der Waals surface area contributed by atoms with Gasteiger partial charge in [0.2, 0.25) is 5.91 Å². The van der Waals surface area contributed by atoms with Crippen LogP contribution in [0.2, 0.25) is 0 Å². The van der Waals surface area contributed by atoms with E-state index in [1.807, 2.05) is 0 Å². The molecule has 1 amide bonds. The molecule has 0 saturated carbocycles. The summed E-state index contributed by atoms with van der Waals surface area (Å²) in [4.78, 5) is 23.5. The van der Waals surface area contributed by atoms with Gasteiger partial charge in [0.15, 0.2) is 17.7 Å². The summed E-state index contributed by atoms with van der Waals surface area (Å²) >= 11 is 0. The number of primary amides is 1. The number of carboxylic acids is 1. The van der Waals surface area contributed by atoms with E-state index >= 15 is 0 Å². The Labute approximate surface area is 168 Å². The van der Waals surface area contributed by atoms with E-state index in [-0.39, 0.29) is 23.2 Å². The highest BCUT2D eigenvalue weighted by atomic mass is 19.2. The molecule has 1 aromatic heterocycles. The molecule has 0 fully saturated rings. The number of nitrogens with zero attached hydrogens (tertiary/aromatic N) is 1. The van der Waals surface area contributed by atoms with Gasteiger partial charge in [-0.05, 0) is 24.3 Å². The van der Waals surface area contributed by atoms with Crippen LogP contribution in [0.4, 0.5) is 8.78 Å². The predicted molar refractivity (Wildman–Crippen MR) is 106 cm³/mol. The number of hydrogen-bond donors (Lipinski definition) is 3. The maximum atomic E-state index is 14.3. The highest BCUT2D eigenvalue weighted by Gasteiger charge is 2.25. The lowest BCUT2D eigenvalue weighted by Crippen LogP contribution is -2.12. The van der Waals surface area contributed by atoms with Gasteiger partial charge < -0.3 is 20.5 Å². The van der Waals surface area contributed by atoms with Gasteiger partial charge in [-0.15, -0.1) is 0 Å². The monoisotopic (exact) mass is 410 g/mol. The second-order valence-electron chi connectivity index (χ2n) is 6.85. The van der Waals surface area contributed by atoms with Crippen molar-refractivity contribution in [3.63, 3.8) is 0 Å². The fraction of sp³-hybridized carbons (Fsp3) is 0.0909. The maximum absolute atomic E-state index is 14.3. The third kappa shape index (κ3) is 2.98. The van der Waals surface area contributed by atoms with Crippen molar-refractivity contribution in [2.45, 2.75) is 12.6 Å². The zero-order valence-electron chi connectivity index (χ0n) is 15.5. The Kier molecular flexibility index (Phi) is 4.71. The lowest BCUT2D eigenvalue weighted by Gasteiger charge is -2.11. The van der Waals surface area contributed by atoms with E-state index in [1.54, 1.807) is 28.8 Å². The van der Waals surface area contributed by atoms with Crippen LogP contribution >= 0.6 is 0 Å². The number of fused-ring (bicyclic) bond motifs is 3. The Hall–Kier alpha value is -3.78. The third-order valence-corrected chi connectivity index (χ3v) is 5.10. The number of hydrogen-bond acceptors (Lipinski definition) is 3. The molecular weight excluding hydrogens is 394 g/mol. The van der Waals surface area contributed by atoms with Crippen molar-refractivity contribution in [1.82, 2.24) is 4.57 Å². The molecule has 0 aliphatic carbocycles. The number of nitrogens with two attached hydrogens (primary N) is 1. The SMILES string of the molecule is NC(=O)c1cccc2c1c1c(C(O)C(=O)O)cccc1n2Cc1cccc(F)c1F. The van der Waals surface area contributed by atoms with Gasteiger partial charge in [0.1, 0.15) is 0 Å². The van der Waals surface area contributed by atoms with Gasteiger partial charge in [-0.3, -0.25) is 4.79 Å². The molecule has 0 spiro atoms. The highest BCUT2D eigenvalue weighted by molar-refractivity contribution is 6.19. The quantitative estimate of drug-likeness (QED) is 0.469. The largest absolute Gasteiger partial charge is 0.479 e. The van der Waals surface area contributed by atoms with Crippen LogP contribution in [0.15, 0.2) is 54.6 Å². The second kappa shape index (κ2) is 7.23. The molecule has 4 rings (SSSR count). The predicted octanol–water partition coefficient (Wildman–Crippen LogP) is 3.34. The minimum absolute atomic E-state index is 0.0668. The van der Waals surface area contributed by atoms with Crippen molar-refractivity contribution in [3.05, 3.63) is 82.9 Å². The van der Waals surface area contributed by atoms with Gasteiger partial charge >= 0.3 is 5.97 Å². The molecule has 0 radical (unpaired) electrons. The molecule has 1 unspecified atom stereocenters. The number of aliphatic carboxylic acids is 1. The van der Waals surface area contributed by atoms with E-state index in [4.69, 9.17) is 5.73 Å². The minimum atomic E-state index is -1.85. The van der Waals surface area contributed by atoms with Crippen molar-refractivity contribution in [2.75, 3.05) is 0 Å². The molecule has 6 nitrogen and oxygen atoms in total. The molecule has 152 valence electrons. The summed E-state index contributed by atoms with van der Waals surface area (Å²) < 4.78 is 29.7. The van der Waals surface area contributed by atoms with Crippen LogP contribution in [-0.2, 0) is 11.3 Å². The van der Waals surface area contributed by atoms with E-state index in [0.29, 0.717) is 21.8 Å². The van der Waals surface area contributed by atoms with Gasteiger partial charge in [0.25, 0.3) is 0 Å². The Bertz CT molecular complexity index is 1330. The maximum Gasteiger partial charge on any atom is 0.337 e. The van der Waals surface area contributed by atoms with Gasteiger partial charge in [0.05, 0.1) is 12.1 Å². The first-order valence-electron chi connectivity index (χ1n) is 8.98. The van der Waals surface area contributed by atoms with Crippen molar-refractivity contribution in [2.24, 2.45) is 5.73 Å². The first kappa shape index (κ1) is 19.5. The number of benzene rings is 3. The van der Waals surface area contributed by atoms with Crippen molar-refractivity contribution >= 4 is 33.7 Å². The minimum Gasteiger partial charge on any atom is -0.479 e. The summed E-state index contributed by atoms with van der Waals surface area (Å²) in [5, 5.41) is 20.2. The number of aliphatic hydroxyl groups excluding tert-OH is 1. The van der Waals surface area contributed by atoms with Crippen LogP contribution < -0.4 is 5.73 Å². The molecule has 0 aliphatic heterocycles. The van der Waals surface area contributed by atoms with Crippen LogP contribution in [0, 0.1) is 11.6 Å². The molecule has 1 heterocycles. The number of aliphatic hydroxyl groups is 1. The molecule has 0 aliphatic rings. The topological polar surface area (TPSA) is 106 Å². The van der Waals surface area contributed by atoms with Crippen LogP contribution in [0.1, 0.15) is 27.6 Å². The zero-order chi connectivity index (χ0) is 21.6. The summed E-state index contributed by atoms with van der Waals surface area (Å²) in [7, 11) is 0. The molecule has 0 saturated heterocycles. The van der Waals surface area contributed by atoms with E-state index in [1.165, 1.54) is 24.3 Å². The zero-order valence-corrected chi connectivity index (χ0v) is 15.5. The van der Waals surface area contributed by atoms with Gasteiger partial charge in [-0.25, -0.2) is 13.6 Å². The fourth-order valence-corrected chi connectivity index (χ4v) is 3.79. The number of carbonyl (C=O) groups excluding carboxylic acids is 1. The lowest BCUT2D eigenvalue weighted by molar-refractivity contribution is -0.146. The average molecular weight is 410 g/mol. The molecule has 4 aromatic rings. The number of carboxylic acid groups (broad SMARTS) is 1. The second-order valence-corrected chi connectivity index (χ2v) is 6.85. The highest BCUT2D eigenvalue weighted by Crippen LogP contribution is 2.37. The molecule has 0 bridgehead atoms. The van der Waals surface area contributed by atoms with E-state index in [0.717, 1.165) is 6.07 Å². The Morgan fingerprint density at radius 1 is 0.967 bits per heavy atom. The molecule has 1 atom stereocenters. The molecule has 30 heavy (non-hydrogen) atoms. The van der Waals surface area contributed by atoms with Crippen LogP contribution in [0.25, 0.3) is 21.8 Å². The Balaban J connectivity index is 2.11. The molecule has 8 heteroatoms. The van der Waals surface area contributed by atoms with Gasteiger partial charge in [-0.2, -0.15) is 0 Å².